The number of carbonyl (C=O) groups is 1. The number of aromatic nitrogens is 2. The minimum atomic E-state index is -0.999. The van der Waals surface area contributed by atoms with Gasteiger partial charge >= 0.3 is 0 Å². The van der Waals surface area contributed by atoms with Crippen LogP contribution in [0.4, 0.5) is 14.6 Å². The first-order valence-electron chi connectivity index (χ1n) is 7.99. The molecule has 0 atom stereocenters. The molecule has 0 saturated carbocycles. The molecular formula is C17H19F2N5O2. The third-order valence-electron chi connectivity index (χ3n) is 3.73. The Kier molecular flexibility index (Phi) is 4.59. The largest absolute Gasteiger partial charge is 0.389 e. The number of benzene rings is 1. The van der Waals surface area contributed by atoms with Gasteiger partial charge in [-0.3, -0.25) is 4.79 Å². The van der Waals surface area contributed by atoms with E-state index < -0.39 is 17.2 Å². The fourth-order valence-electron chi connectivity index (χ4n) is 2.83. The number of fused-ring (bicyclic) bond motifs is 1. The monoisotopic (exact) mass is 363 g/mol. The Morgan fingerprint density at radius 2 is 1.92 bits per heavy atom. The summed E-state index contributed by atoms with van der Waals surface area (Å²) < 4.78 is 28.2. The highest BCUT2D eigenvalue weighted by Crippen LogP contribution is 2.29. The molecular weight excluding hydrogens is 344 g/mol. The highest BCUT2D eigenvalue weighted by atomic mass is 19.1. The van der Waals surface area contributed by atoms with Gasteiger partial charge in [-0.1, -0.05) is 6.07 Å². The summed E-state index contributed by atoms with van der Waals surface area (Å²) in [6.45, 7) is 3.62. The van der Waals surface area contributed by atoms with Crippen molar-refractivity contribution in [1.82, 2.24) is 20.3 Å². The quantitative estimate of drug-likeness (QED) is 0.701. The number of aliphatic hydroxyl groups is 1. The molecule has 1 aliphatic heterocycles. The van der Waals surface area contributed by atoms with Crippen LogP contribution in [0, 0.1) is 11.6 Å². The molecule has 2 aromatic rings. The number of rotatable bonds is 5. The lowest BCUT2D eigenvalue weighted by atomic mass is 10.1. The van der Waals surface area contributed by atoms with Crippen molar-refractivity contribution in [3.8, 4) is 11.4 Å². The fourth-order valence-corrected chi connectivity index (χ4v) is 2.83. The second-order valence-electron chi connectivity index (χ2n) is 6.78. The smallest absolute Gasteiger partial charge is 0.257 e. The molecule has 9 heteroatoms. The molecule has 1 aromatic carbocycles. The van der Waals surface area contributed by atoms with Crippen molar-refractivity contribution in [1.29, 1.82) is 0 Å². The molecule has 2 heterocycles. The Labute approximate surface area is 149 Å². The lowest BCUT2D eigenvalue weighted by Gasteiger charge is -2.26. The zero-order chi connectivity index (χ0) is 19.1. The molecule has 0 radical (unpaired) electrons. The molecule has 0 fully saturated rings. The molecule has 0 spiro atoms. The number of carbonyl (C=O) groups excluding carboxylic acids is 1. The van der Waals surface area contributed by atoms with Gasteiger partial charge in [0, 0.05) is 13.6 Å². The van der Waals surface area contributed by atoms with Crippen molar-refractivity contribution in [2.45, 2.75) is 26.0 Å². The summed E-state index contributed by atoms with van der Waals surface area (Å²) in [4.78, 5) is 20.4. The van der Waals surface area contributed by atoms with Crippen molar-refractivity contribution in [2.75, 3.05) is 19.0 Å². The molecule has 3 N–H and O–H groups in total. The van der Waals surface area contributed by atoms with Gasteiger partial charge in [0.2, 0.25) is 0 Å². The van der Waals surface area contributed by atoms with E-state index in [0.717, 1.165) is 12.1 Å². The van der Waals surface area contributed by atoms with Crippen LogP contribution in [0.15, 0.2) is 18.2 Å². The van der Waals surface area contributed by atoms with Crippen molar-refractivity contribution < 1.29 is 18.7 Å². The van der Waals surface area contributed by atoms with Crippen LogP contribution in [0.3, 0.4) is 0 Å². The molecule has 1 amide bonds. The van der Waals surface area contributed by atoms with E-state index >= 15 is 0 Å². The molecule has 3 rings (SSSR count). The van der Waals surface area contributed by atoms with Crippen LogP contribution in [0.1, 0.15) is 29.9 Å². The van der Waals surface area contributed by atoms with Gasteiger partial charge in [0.05, 0.1) is 23.4 Å². The first-order chi connectivity index (χ1) is 12.2. The van der Waals surface area contributed by atoms with E-state index in [1.54, 1.807) is 20.9 Å². The second kappa shape index (κ2) is 6.58. The fraction of sp³-hybridized carbons (Fsp3) is 0.353. The Hall–Kier alpha value is -2.65. The summed E-state index contributed by atoms with van der Waals surface area (Å²) in [5, 5.41) is 14.1. The molecule has 0 aliphatic carbocycles. The van der Waals surface area contributed by atoms with Crippen molar-refractivity contribution in [2.24, 2.45) is 0 Å². The predicted octanol–water partition coefficient (Wildman–Crippen LogP) is 1.69. The maximum Gasteiger partial charge on any atom is 0.257 e. The van der Waals surface area contributed by atoms with E-state index in [9.17, 15) is 18.7 Å². The van der Waals surface area contributed by atoms with Gasteiger partial charge < -0.3 is 15.8 Å². The maximum atomic E-state index is 14.1. The van der Waals surface area contributed by atoms with Crippen LogP contribution >= 0.6 is 0 Å². The van der Waals surface area contributed by atoms with Crippen LogP contribution in [0.25, 0.3) is 11.4 Å². The van der Waals surface area contributed by atoms with Crippen molar-refractivity contribution >= 4 is 11.7 Å². The SMILES string of the molecule is CN(CC(C)(C)O)Nc1nc(-c2c(F)cccc2F)nc2c1C(=O)NC2. The number of hydrogen-bond donors (Lipinski definition) is 3. The minimum absolute atomic E-state index is 0.120. The minimum Gasteiger partial charge on any atom is -0.389 e. The maximum absolute atomic E-state index is 14.1. The summed E-state index contributed by atoms with van der Waals surface area (Å²) in [6.07, 6.45) is 0. The zero-order valence-electron chi connectivity index (χ0n) is 14.6. The normalized spacial score (nSPS) is 13.7. The molecule has 0 unspecified atom stereocenters. The number of amides is 1. The molecule has 0 bridgehead atoms. The number of halogens is 2. The third-order valence-corrected chi connectivity index (χ3v) is 3.73. The van der Waals surface area contributed by atoms with Crippen LogP contribution in [-0.4, -0.2) is 45.2 Å². The average molecular weight is 363 g/mol. The number of anilines is 1. The van der Waals surface area contributed by atoms with Gasteiger partial charge in [0.25, 0.3) is 5.91 Å². The summed E-state index contributed by atoms with van der Waals surface area (Å²) in [5.74, 6) is -2.00. The summed E-state index contributed by atoms with van der Waals surface area (Å²) in [7, 11) is 1.66. The lowest BCUT2D eigenvalue weighted by molar-refractivity contribution is 0.0514. The highest BCUT2D eigenvalue weighted by Gasteiger charge is 2.29. The summed E-state index contributed by atoms with van der Waals surface area (Å²) in [6, 6.07) is 3.49. The first kappa shape index (κ1) is 18.2. The number of nitrogens with zero attached hydrogens (tertiary/aromatic N) is 3. The number of hydrazine groups is 1. The van der Waals surface area contributed by atoms with E-state index in [2.05, 4.69) is 20.7 Å². The van der Waals surface area contributed by atoms with Gasteiger partial charge in [-0.2, -0.15) is 0 Å². The van der Waals surface area contributed by atoms with Crippen LogP contribution in [-0.2, 0) is 6.54 Å². The third kappa shape index (κ3) is 3.63. The van der Waals surface area contributed by atoms with E-state index in [4.69, 9.17) is 0 Å². The number of likely N-dealkylation sites (N-methyl/N-ethyl adjacent to an activating group) is 1. The van der Waals surface area contributed by atoms with Gasteiger partial charge in [-0.05, 0) is 26.0 Å². The predicted molar refractivity (Wildman–Crippen MR) is 91.1 cm³/mol. The van der Waals surface area contributed by atoms with Gasteiger partial charge in [-0.25, -0.2) is 23.8 Å². The zero-order valence-corrected chi connectivity index (χ0v) is 14.6. The van der Waals surface area contributed by atoms with E-state index in [1.807, 2.05) is 0 Å². The molecule has 7 nitrogen and oxygen atoms in total. The average Bonchev–Trinajstić information content (AvgIpc) is 2.87. The Morgan fingerprint density at radius 3 is 2.54 bits per heavy atom. The van der Waals surface area contributed by atoms with Gasteiger partial charge in [-0.15, -0.1) is 0 Å². The lowest BCUT2D eigenvalue weighted by Crippen LogP contribution is -2.40. The molecule has 26 heavy (non-hydrogen) atoms. The van der Waals surface area contributed by atoms with E-state index in [-0.39, 0.29) is 41.8 Å². The highest BCUT2D eigenvalue weighted by molar-refractivity contribution is 6.02. The van der Waals surface area contributed by atoms with Crippen LogP contribution < -0.4 is 10.7 Å². The van der Waals surface area contributed by atoms with Crippen molar-refractivity contribution in [3.63, 3.8) is 0 Å². The van der Waals surface area contributed by atoms with E-state index in [1.165, 1.54) is 11.1 Å². The van der Waals surface area contributed by atoms with Gasteiger partial charge in [0.15, 0.2) is 11.6 Å². The first-order valence-corrected chi connectivity index (χ1v) is 7.99. The summed E-state index contributed by atoms with van der Waals surface area (Å²) in [5.41, 5.74) is 2.10. The Bertz CT molecular complexity index is 847. The standard InChI is InChI=1S/C17H19F2N5O2/c1-17(2,26)8-24(3)23-15-13-11(7-20-16(13)25)21-14(22-15)12-9(18)5-4-6-10(12)19/h4-6,26H,7-8H2,1-3H3,(H,20,25)(H,21,22,23). The molecule has 1 aromatic heterocycles. The summed E-state index contributed by atoms with van der Waals surface area (Å²) >= 11 is 0. The topological polar surface area (TPSA) is 90.4 Å². The van der Waals surface area contributed by atoms with E-state index in [0.29, 0.717) is 5.69 Å². The number of nitrogens with one attached hydrogen (secondary N) is 2. The Balaban J connectivity index is 2.06. The molecule has 138 valence electrons. The van der Waals surface area contributed by atoms with Crippen LogP contribution in [0.5, 0.6) is 0 Å². The second-order valence-corrected chi connectivity index (χ2v) is 6.78. The Morgan fingerprint density at radius 1 is 1.27 bits per heavy atom. The molecule has 1 aliphatic rings. The van der Waals surface area contributed by atoms with Crippen LogP contribution in [0.2, 0.25) is 0 Å². The molecule has 0 saturated heterocycles. The number of hydrogen-bond acceptors (Lipinski definition) is 6. The van der Waals surface area contributed by atoms with Gasteiger partial charge in [0.1, 0.15) is 17.2 Å². The van der Waals surface area contributed by atoms with Crippen molar-refractivity contribution in [3.05, 3.63) is 41.1 Å².